The standard InChI is InChI=1S/C11H10F3N3O/c1-2-3-8(15)10(18)17-7-4-5-9(16-6-7)11(12,13)14/h1,4-6,8H,3,15H2,(H,17,18). The Morgan fingerprint density at radius 1 is 1.56 bits per heavy atom. The van der Waals surface area contributed by atoms with Crippen molar-refractivity contribution in [2.75, 3.05) is 5.32 Å². The zero-order valence-electron chi connectivity index (χ0n) is 9.16. The molecule has 1 atom stereocenters. The van der Waals surface area contributed by atoms with Crippen molar-refractivity contribution in [3.8, 4) is 12.3 Å². The van der Waals surface area contributed by atoms with Crippen LogP contribution in [0.15, 0.2) is 18.3 Å². The van der Waals surface area contributed by atoms with E-state index < -0.39 is 23.8 Å². The monoisotopic (exact) mass is 257 g/mol. The first-order valence-corrected chi connectivity index (χ1v) is 4.87. The van der Waals surface area contributed by atoms with Gasteiger partial charge in [-0.3, -0.25) is 4.79 Å². The molecule has 0 fully saturated rings. The molecule has 1 amide bonds. The topological polar surface area (TPSA) is 68.0 Å². The summed E-state index contributed by atoms with van der Waals surface area (Å²) in [4.78, 5) is 14.6. The first-order valence-electron chi connectivity index (χ1n) is 4.87. The second-order valence-corrected chi connectivity index (χ2v) is 3.43. The summed E-state index contributed by atoms with van der Waals surface area (Å²) in [5, 5.41) is 2.32. The van der Waals surface area contributed by atoms with Crippen molar-refractivity contribution in [2.45, 2.75) is 18.6 Å². The molecule has 0 aliphatic heterocycles. The molecule has 0 aromatic carbocycles. The maximum absolute atomic E-state index is 12.2. The van der Waals surface area contributed by atoms with Crippen molar-refractivity contribution in [3.05, 3.63) is 24.0 Å². The molecular formula is C11H10F3N3O. The number of nitrogens with zero attached hydrogens (tertiary/aromatic N) is 1. The number of rotatable bonds is 3. The van der Waals surface area contributed by atoms with Crippen LogP contribution in [-0.4, -0.2) is 16.9 Å². The molecule has 3 N–H and O–H groups in total. The number of aromatic nitrogens is 1. The Bertz CT molecular complexity index is 462. The van der Waals surface area contributed by atoms with E-state index in [1.54, 1.807) is 0 Å². The van der Waals surface area contributed by atoms with E-state index in [0.29, 0.717) is 0 Å². The van der Waals surface area contributed by atoms with E-state index in [2.05, 4.69) is 16.2 Å². The predicted octanol–water partition coefficient (Wildman–Crippen LogP) is 1.39. The number of alkyl halides is 3. The molecule has 0 aliphatic carbocycles. The third kappa shape index (κ3) is 3.75. The van der Waals surface area contributed by atoms with E-state index in [9.17, 15) is 18.0 Å². The predicted molar refractivity (Wildman–Crippen MR) is 59.3 cm³/mol. The first-order chi connectivity index (χ1) is 8.34. The average molecular weight is 257 g/mol. The summed E-state index contributed by atoms with van der Waals surface area (Å²) < 4.78 is 36.7. The molecule has 1 rings (SSSR count). The van der Waals surface area contributed by atoms with Crippen LogP contribution in [0.25, 0.3) is 0 Å². The van der Waals surface area contributed by atoms with Crippen LogP contribution in [0.1, 0.15) is 12.1 Å². The Kier molecular flexibility index (Phi) is 4.28. The Morgan fingerprint density at radius 2 is 2.22 bits per heavy atom. The zero-order valence-corrected chi connectivity index (χ0v) is 9.16. The van der Waals surface area contributed by atoms with E-state index in [0.717, 1.165) is 18.3 Å². The van der Waals surface area contributed by atoms with Crippen molar-refractivity contribution in [1.29, 1.82) is 0 Å². The first kappa shape index (κ1) is 14.0. The van der Waals surface area contributed by atoms with Crippen LogP contribution in [0.5, 0.6) is 0 Å². The lowest BCUT2D eigenvalue weighted by molar-refractivity contribution is -0.141. The number of halogens is 3. The largest absolute Gasteiger partial charge is 0.433 e. The maximum Gasteiger partial charge on any atom is 0.433 e. The van der Waals surface area contributed by atoms with Crippen LogP contribution in [-0.2, 0) is 11.0 Å². The fourth-order valence-electron chi connectivity index (χ4n) is 1.09. The molecule has 96 valence electrons. The quantitative estimate of drug-likeness (QED) is 0.804. The van der Waals surface area contributed by atoms with Crippen molar-refractivity contribution in [1.82, 2.24) is 4.98 Å². The summed E-state index contributed by atoms with van der Waals surface area (Å²) in [6.45, 7) is 0. The van der Waals surface area contributed by atoms with Crippen LogP contribution in [0, 0.1) is 12.3 Å². The third-order valence-electron chi connectivity index (χ3n) is 2.00. The molecule has 0 saturated heterocycles. The molecule has 7 heteroatoms. The lowest BCUT2D eigenvalue weighted by Crippen LogP contribution is -2.35. The lowest BCUT2D eigenvalue weighted by Gasteiger charge is -2.10. The molecule has 0 spiro atoms. The third-order valence-corrected chi connectivity index (χ3v) is 2.00. The molecule has 4 nitrogen and oxygen atoms in total. The molecule has 1 aromatic rings. The molecule has 1 aromatic heterocycles. The van der Waals surface area contributed by atoms with E-state index in [4.69, 9.17) is 12.2 Å². The molecule has 0 bridgehead atoms. The Hall–Kier alpha value is -2.07. The Labute approximate surface area is 101 Å². The van der Waals surface area contributed by atoms with Gasteiger partial charge < -0.3 is 11.1 Å². The van der Waals surface area contributed by atoms with Gasteiger partial charge >= 0.3 is 6.18 Å². The number of anilines is 1. The maximum atomic E-state index is 12.2. The average Bonchev–Trinajstić information content (AvgIpc) is 2.28. The van der Waals surface area contributed by atoms with Crippen molar-refractivity contribution in [3.63, 3.8) is 0 Å². The number of terminal acetylenes is 1. The Morgan fingerprint density at radius 3 is 2.67 bits per heavy atom. The summed E-state index contributed by atoms with van der Waals surface area (Å²) >= 11 is 0. The van der Waals surface area contributed by atoms with Gasteiger partial charge in [0.1, 0.15) is 5.69 Å². The van der Waals surface area contributed by atoms with Gasteiger partial charge in [0, 0.05) is 6.42 Å². The summed E-state index contributed by atoms with van der Waals surface area (Å²) in [7, 11) is 0. The summed E-state index contributed by atoms with van der Waals surface area (Å²) in [6.07, 6.45) is 1.42. The Balaban J connectivity index is 2.70. The molecular weight excluding hydrogens is 247 g/mol. The van der Waals surface area contributed by atoms with Gasteiger partial charge in [-0.15, -0.1) is 12.3 Å². The second-order valence-electron chi connectivity index (χ2n) is 3.43. The number of hydrogen-bond donors (Lipinski definition) is 2. The molecule has 0 saturated carbocycles. The summed E-state index contributed by atoms with van der Waals surface area (Å²) in [5.41, 5.74) is 4.51. The summed E-state index contributed by atoms with van der Waals surface area (Å²) in [6, 6.07) is 0.954. The van der Waals surface area contributed by atoms with Crippen molar-refractivity contribution < 1.29 is 18.0 Å². The van der Waals surface area contributed by atoms with E-state index in [1.165, 1.54) is 0 Å². The highest BCUT2D eigenvalue weighted by Crippen LogP contribution is 2.27. The van der Waals surface area contributed by atoms with E-state index >= 15 is 0 Å². The minimum absolute atomic E-state index is 0.0416. The highest BCUT2D eigenvalue weighted by atomic mass is 19.4. The van der Waals surface area contributed by atoms with Crippen LogP contribution in [0.4, 0.5) is 18.9 Å². The van der Waals surface area contributed by atoms with Gasteiger partial charge in [0.2, 0.25) is 5.91 Å². The smallest absolute Gasteiger partial charge is 0.323 e. The number of nitrogens with two attached hydrogens (primary N) is 1. The van der Waals surface area contributed by atoms with Gasteiger partial charge in [-0.1, -0.05) is 0 Å². The number of hydrogen-bond acceptors (Lipinski definition) is 3. The lowest BCUT2D eigenvalue weighted by atomic mass is 10.2. The van der Waals surface area contributed by atoms with Gasteiger partial charge in [0.15, 0.2) is 0 Å². The number of nitrogens with one attached hydrogen (secondary N) is 1. The van der Waals surface area contributed by atoms with Gasteiger partial charge in [0.05, 0.1) is 17.9 Å². The summed E-state index contributed by atoms with van der Waals surface area (Å²) in [5.74, 6) is 1.64. The van der Waals surface area contributed by atoms with Crippen LogP contribution < -0.4 is 11.1 Å². The SMILES string of the molecule is C#CCC(N)C(=O)Nc1ccc(C(F)(F)F)nc1. The highest BCUT2D eigenvalue weighted by Gasteiger charge is 2.32. The normalized spacial score (nSPS) is 12.6. The van der Waals surface area contributed by atoms with Gasteiger partial charge in [-0.05, 0) is 12.1 Å². The minimum atomic E-state index is -4.51. The minimum Gasteiger partial charge on any atom is -0.323 e. The number of carbonyl (C=O) groups is 1. The van der Waals surface area contributed by atoms with Gasteiger partial charge in [-0.25, -0.2) is 4.98 Å². The van der Waals surface area contributed by atoms with Crippen LogP contribution in [0.3, 0.4) is 0 Å². The van der Waals surface area contributed by atoms with E-state index in [1.807, 2.05) is 0 Å². The van der Waals surface area contributed by atoms with Gasteiger partial charge in [-0.2, -0.15) is 13.2 Å². The molecule has 18 heavy (non-hydrogen) atoms. The van der Waals surface area contributed by atoms with Gasteiger partial charge in [0.25, 0.3) is 0 Å². The van der Waals surface area contributed by atoms with Crippen LogP contribution in [0.2, 0.25) is 0 Å². The number of pyridine rings is 1. The van der Waals surface area contributed by atoms with Crippen LogP contribution >= 0.6 is 0 Å². The fourth-order valence-corrected chi connectivity index (χ4v) is 1.09. The highest BCUT2D eigenvalue weighted by molar-refractivity contribution is 5.94. The van der Waals surface area contributed by atoms with Crippen molar-refractivity contribution in [2.24, 2.45) is 5.73 Å². The fraction of sp³-hybridized carbons (Fsp3) is 0.273. The second kappa shape index (κ2) is 5.51. The van der Waals surface area contributed by atoms with Crippen molar-refractivity contribution >= 4 is 11.6 Å². The molecule has 1 unspecified atom stereocenters. The molecule has 0 radical (unpaired) electrons. The molecule has 1 heterocycles. The molecule has 0 aliphatic rings. The number of carbonyl (C=O) groups excluding carboxylic acids is 1. The van der Waals surface area contributed by atoms with E-state index in [-0.39, 0.29) is 12.1 Å². The zero-order chi connectivity index (χ0) is 13.8. The number of amides is 1.